The predicted molar refractivity (Wildman–Crippen MR) is 30.1 cm³/mol. The van der Waals surface area contributed by atoms with Crippen molar-refractivity contribution in [2.45, 2.75) is 0 Å². The van der Waals surface area contributed by atoms with Crippen LogP contribution in [0.3, 0.4) is 0 Å². The smallest absolute Gasteiger partial charge is 1.00 e. The van der Waals surface area contributed by atoms with Crippen molar-refractivity contribution in [3.63, 3.8) is 0 Å². The zero-order valence-electron chi connectivity index (χ0n) is 4.94. The van der Waals surface area contributed by atoms with E-state index >= 15 is 0 Å². The Morgan fingerprint density at radius 1 is 0.375 bits per heavy atom. The van der Waals surface area contributed by atoms with E-state index in [1.807, 2.05) is 0 Å². The van der Waals surface area contributed by atoms with Crippen LogP contribution in [0, 0.1) is 0 Å². The van der Waals surface area contributed by atoms with E-state index in [-0.39, 0.29) is 65.8 Å². The van der Waals surface area contributed by atoms with Crippen molar-refractivity contribution in [3.8, 4) is 0 Å². The van der Waals surface area contributed by atoms with Crippen LogP contribution < -0.4 is 49.3 Å². The Morgan fingerprint density at radius 3 is 0.375 bits per heavy atom. The van der Waals surface area contributed by atoms with Crippen LogP contribution in [0.4, 0.5) is 0 Å². The molecule has 18 N–H and O–H groups in total. The topological polar surface area (TPSA) is 210 Å². The molecule has 0 aliphatic carbocycles. The van der Waals surface area contributed by atoms with Gasteiger partial charge in [0, 0.05) is 0 Å². The molecule has 8 heteroatoms. The first-order chi connectivity index (χ1) is 0. The molecule has 0 radical (unpaired) electrons. The maximum Gasteiger partial charge on any atom is 2.00 e. The molecule has 6 nitrogen and oxygen atoms in total. The van der Waals surface area contributed by atoms with Gasteiger partial charge in [0.15, 0.2) is 0 Å². The van der Waals surface area contributed by atoms with Crippen molar-refractivity contribution in [1.82, 2.24) is 36.9 Å². The maximum atomic E-state index is 0. The Labute approximate surface area is 66.4 Å². The molecule has 0 heterocycles. The summed E-state index contributed by atoms with van der Waals surface area (Å²) < 4.78 is 0. The zero-order chi connectivity index (χ0) is 0. The third kappa shape index (κ3) is 681. The SMILES string of the molecule is N.N.N.N.N.N.[Cl-].[Ni+2]. The molecule has 0 aromatic carbocycles. The van der Waals surface area contributed by atoms with Gasteiger partial charge in [0.05, 0.1) is 0 Å². The number of halogens is 1. The molecule has 64 valence electrons. The van der Waals surface area contributed by atoms with Crippen LogP contribution in [-0.2, 0) is 16.5 Å². The minimum absolute atomic E-state index is 0. The molecule has 0 aliphatic rings. The van der Waals surface area contributed by atoms with E-state index in [0.717, 1.165) is 0 Å². The van der Waals surface area contributed by atoms with Gasteiger partial charge in [-0.25, -0.2) is 0 Å². The van der Waals surface area contributed by atoms with Gasteiger partial charge in [-0.2, -0.15) is 0 Å². The minimum Gasteiger partial charge on any atom is -1.00 e. The molecular formula is H18ClN6Ni+. The Morgan fingerprint density at radius 2 is 0.375 bits per heavy atom. The number of hydrogen-bond acceptors (Lipinski definition) is 6. The third-order valence-corrected chi connectivity index (χ3v) is 0. The third-order valence-electron chi connectivity index (χ3n) is 0. The summed E-state index contributed by atoms with van der Waals surface area (Å²) >= 11 is 0. The van der Waals surface area contributed by atoms with E-state index in [4.69, 9.17) is 0 Å². The van der Waals surface area contributed by atoms with E-state index in [9.17, 15) is 0 Å². The van der Waals surface area contributed by atoms with Crippen molar-refractivity contribution >= 4 is 0 Å². The fourth-order valence-electron chi connectivity index (χ4n) is 0. The second kappa shape index (κ2) is 1090. The minimum atomic E-state index is 0. The molecule has 0 rings (SSSR count). The molecule has 8 heavy (non-hydrogen) atoms. The predicted octanol–water partition coefficient (Wildman–Crippen LogP) is -2.03. The zero-order valence-corrected chi connectivity index (χ0v) is 6.68. The van der Waals surface area contributed by atoms with E-state index in [1.165, 1.54) is 0 Å². The summed E-state index contributed by atoms with van der Waals surface area (Å²) in [6, 6.07) is 0. The molecule has 0 saturated heterocycles. The van der Waals surface area contributed by atoms with Crippen LogP contribution in [0.1, 0.15) is 0 Å². The average molecular weight is 196 g/mol. The maximum absolute atomic E-state index is 0. The summed E-state index contributed by atoms with van der Waals surface area (Å²) in [5, 5.41) is 0. The monoisotopic (exact) mass is 195 g/mol. The molecule has 0 aromatic rings. The standard InChI is InChI=1S/ClH.6H3N.Ni/h1H;6*1H3;/q;;;;;;;+2/p-1. The van der Waals surface area contributed by atoms with Gasteiger partial charge in [-0.15, -0.1) is 0 Å². The number of hydrogen-bond donors (Lipinski definition) is 6. The Balaban J connectivity index is 0. The van der Waals surface area contributed by atoms with Crippen LogP contribution in [0.15, 0.2) is 0 Å². The van der Waals surface area contributed by atoms with Gasteiger partial charge in [-0.3, -0.25) is 0 Å². The second-order valence-electron chi connectivity index (χ2n) is 0. The molecule has 0 spiro atoms. The van der Waals surface area contributed by atoms with Gasteiger partial charge in [0.25, 0.3) is 0 Å². The largest absolute Gasteiger partial charge is 2.00 e. The average Bonchev–Trinajstić information content (AvgIpc) is 0. The molecule has 0 fully saturated rings. The van der Waals surface area contributed by atoms with Gasteiger partial charge in [0.2, 0.25) is 0 Å². The summed E-state index contributed by atoms with van der Waals surface area (Å²) in [6.45, 7) is 0. The first-order valence-corrected chi connectivity index (χ1v) is 0. The van der Waals surface area contributed by atoms with Crippen LogP contribution >= 0.6 is 0 Å². The molecule has 0 unspecified atom stereocenters. The molecular weight excluding hydrogens is 178 g/mol. The van der Waals surface area contributed by atoms with Crippen LogP contribution in [0.25, 0.3) is 0 Å². The summed E-state index contributed by atoms with van der Waals surface area (Å²) in [5.41, 5.74) is 0. The van der Waals surface area contributed by atoms with Crippen molar-refractivity contribution < 1.29 is 28.9 Å². The Hall–Kier alpha value is 0.544. The molecule has 0 saturated carbocycles. The Kier molecular flexibility index (Phi) is 225000. The summed E-state index contributed by atoms with van der Waals surface area (Å²) in [5.74, 6) is 0. The molecule has 0 aromatic heterocycles. The molecule has 0 atom stereocenters. The van der Waals surface area contributed by atoms with Gasteiger partial charge >= 0.3 is 16.5 Å². The van der Waals surface area contributed by atoms with E-state index < -0.39 is 0 Å². The summed E-state index contributed by atoms with van der Waals surface area (Å²) in [6.07, 6.45) is 0. The Bertz CT molecular complexity index is 8.49. The molecule has 0 bridgehead atoms. The van der Waals surface area contributed by atoms with Crippen LogP contribution in [0.5, 0.6) is 0 Å². The van der Waals surface area contributed by atoms with Crippen LogP contribution in [0.2, 0.25) is 0 Å². The normalized spacial score (nSPS) is 0. The molecule has 0 aliphatic heterocycles. The van der Waals surface area contributed by atoms with Gasteiger partial charge in [-0.1, -0.05) is 0 Å². The fraction of sp³-hybridized carbons (Fsp3) is 0. The van der Waals surface area contributed by atoms with Gasteiger partial charge in [0.1, 0.15) is 0 Å². The quantitative estimate of drug-likeness (QED) is 0.240. The summed E-state index contributed by atoms with van der Waals surface area (Å²) in [4.78, 5) is 0. The van der Waals surface area contributed by atoms with Gasteiger partial charge < -0.3 is 49.3 Å². The first-order valence-electron chi connectivity index (χ1n) is 0. The number of rotatable bonds is 0. The summed E-state index contributed by atoms with van der Waals surface area (Å²) in [7, 11) is 0. The fourth-order valence-corrected chi connectivity index (χ4v) is 0. The van der Waals surface area contributed by atoms with E-state index in [2.05, 4.69) is 0 Å². The van der Waals surface area contributed by atoms with Crippen molar-refractivity contribution in [2.24, 2.45) is 0 Å². The second-order valence-corrected chi connectivity index (χ2v) is 0. The van der Waals surface area contributed by atoms with E-state index in [1.54, 1.807) is 0 Å². The van der Waals surface area contributed by atoms with Gasteiger partial charge in [-0.05, 0) is 0 Å². The van der Waals surface area contributed by atoms with Crippen molar-refractivity contribution in [1.29, 1.82) is 0 Å². The van der Waals surface area contributed by atoms with Crippen LogP contribution in [-0.4, -0.2) is 0 Å². The van der Waals surface area contributed by atoms with E-state index in [0.29, 0.717) is 0 Å². The molecule has 0 amide bonds. The first kappa shape index (κ1) is 1650. The van der Waals surface area contributed by atoms with Crippen molar-refractivity contribution in [2.75, 3.05) is 0 Å². The van der Waals surface area contributed by atoms with Crippen molar-refractivity contribution in [3.05, 3.63) is 0 Å².